The van der Waals surface area contributed by atoms with Crippen molar-refractivity contribution in [1.82, 2.24) is 5.32 Å². The van der Waals surface area contributed by atoms with E-state index in [4.69, 9.17) is 0 Å². The molecule has 196 valence electrons. The van der Waals surface area contributed by atoms with Gasteiger partial charge in [-0.05, 0) is 36.8 Å². The standard InChI is InChI=1S/C26H43NO3S.C3H8/c1-8-11-13-17-27-22(29)15-14-19-21(28)18-20(25(4,5)16-12-9-2)23(30)24(19)31-26(6,7)10-3;1-3-2/h14-15,18,28,30H,8-13,16-17H2,1-7H3,(H,27,29);3H2,1-2H3/b15-14+;. The molecule has 1 rings (SSSR count). The number of phenols is 2. The van der Waals surface area contributed by atoms with Gasteiger partial charge in [-0.2, -0.15) is 0 Å². The lowest BCUT2D eigenvalue weighted by atomic mass is 9.79. The van der Waals surface area contributed by atoms with Crippen LogP contribution in [-0.2, 0) is 10.2 Å². The third-order valence-corrected chi connectivity index (χ3v) is 7.33. The van der Waals surface area contributed by atoms with Crippen LogP contribution in [0.1, 0.15) is 125 Å². The smallest absolute Gasteiger partial charge is 0.244 e. The molecule has 5 heteroatoms. The maximum absolute atomic E-state index is 12.2. The molecule has 0 saturated carbocycles. The fraction of sp³-hybridized carbons (Fsp3) is 0.690. The van der Waals surface area contributed by atoms with E-state index in [1.54, 1.807) is 23.9 Å². The third kappa shape index (κ3) is 11.2. The Morgan fingerprint density at radius 1 is 1.00 bits per heavy atom. The molecule has 0 fully saturated rings. The maximum Gasteiger partial charge on any atom is 0.244 e. The quantitative estimate of drug-likeness (QED) is 0.111. The number of nitrogens with one attached hydrogen (secondary N) is 1. The van der Waals surface area contributed by atoms with Gasteiger partial charge in [0.25, 0.3) is 0 Å². The summed E-state index contributed by atoms with van der Waals surface area (Å²) in [7, 11) is 0. The summed E-state index contributed by atoms with van der Waals surface area (Å²) >= 11 is 1.55. The fourth-order valence-corrected chi connectivity index (χ4v) is 4.52. The number of aromatic hydroxyl groups is 2. The molecule has 0 aromatic heterocycles. The first-order chi connectivity index (χ1) is 15.9. The first-order valence-corrected chi connectivity index (χ1v) is 14.0. The van der Waals surface area contributed by atoms with Crippen molar-refractivity contribution in [2.75, 3.05) is 6.54 Å². The number of carbonyl (C=O) groups is 1. The molecule has 1 aromatic rings. The van der Waals surface area contributed by atoms with Crippen LogP contribution in [0, 0.1) is 0 Å². The highest BCUT2D eigenvalue weighted by atomic mass is 32.2. The molecule has 0 aliphatic rings. The second-order valence-corrected chi connectivity index (χ2v) is 12.0. The van der Waals surface area contributed by atoms with E-state index in [2.05, 4.69) is 67.6 Å². The summed E-state index contributed by atoms with van der Waals surface area (Å²) in [5.41, 5.74) is 0.999. The Morgan fingerprint density at radius 2 is 1.59 bits per heavy atom. The van der Waals surface area contributed by atoms with Crippen LogP contribution in [0.5, 0.6) is 11.5 Å². The van der Waals surface area contributed by atoms with Gasteiger partial charge in [-0.1, -0.05) is 94.4 Å². The van der Waals surface area contributed by atoms with Gasteiger partial charge >= 0.3 is 0 Å². The van der Waals surface area contributed by atoms with Crippen LogP contribution in [0.3, 0.4) is 0 Å². The van der Waals surface area contributed by atoms with E-state index in [1.165, 1.54) is 12.5 Å². The Balaban J connectivity index is 0.00000343. The number of hydrogen-bond acceptors (Lipinski definition) is 4. The van der Waals surface area contributed by atoms with Crippen molar-refractivity contribution in [1.29, 1.82) is 0 Å². The van der Waals surface area contributed by atoms with Crippen LogP contribution in [0.25, 0.3) is 6.08 Å². The van der Waals surface area contributed by atoms with Crippen molar-refractivity contribution in [3.05, 3.63) is 23.3 Å². The summed E-state index contributed by atoms with van der Waals surface area (Å²) in [6, 6.07) is 1.67. The molecular formula is C29H51NO3S. The topological polar surface area (TPSA) is 69.6 Å². The molecule has 0 spiro atoms. The number of phenolic OH excluding ortho intramolecular Hbond substituents is 2. The minimum absolute atomic E-state index is 0.0989. The Kier molecular flexibility index (Phi) is 15.4. The first-order valence-electron chi connectivity index (χ1n) is 13.1. The van der Waals surface area contributed by atoms with Crippen LogP contribution in [0.15, 0.2) is 17.0 Å². The molecule has 1 amide bonds. The van der Waals surface area contributed by atoms with Gasteiger partial charge in [0, 0.05) is 28.5 Å². The van der Waals surface area contributed by atoms with E-state index in [0.717, 1.165) is 50.5 Å². The SMILES string of the molecule is CCC.CCCCCNC(=O)/C=C/c1c(O)cc(C(C)(C)CCCC)c(O)c1SC(C)(C)CC. The number of benzene rings is 1. The highest BCUT2D eigenvalue weighted by molar-refractivity contribution is 8.00. The molecule has 4 nitrogen and oxygen atoms in total. The van der Waals surface area contributed by atoms with E-state index in [0.29, 0.717) is 17.0 Å². The van der Waals surface area contributed by atoms with Gasteiger partial charge in [-0.3, -0.25) is 4.79 Å². The van der Waals surface area contributed by atoms with Gasteiger partial charge in [-0.25, -0.2) is 0 Å². The predicted molar refractivity (Wildman–Crippen MR) is 150 cm³/mol. The summed E-state index contributed by atoms with van der Waals surface area (Å²) < 4.78 is -0.124. The second-order valence-electron chi connectivity index (χ2n) is 10.3. The third-order valence-electron chi connectivity index (χ3n) is 5.87. The summed E-state index contributed by atoms with van der Waals surface area (Å²) in [5, 5.41) is 25.1. The van der Waals surface area contributed by atoms with Crippen LogP contribution in [-0.4, -0.2) is 27.4 Å². The van der Waals surface area contributed by atoms with Gasteiger partial charge in [0.15, 0.2) is 0 Å². The summed E-state index contributed by atoms with van der Waals surface area (Å²) in [4.78, 5) is 12.9. The highest BCUT2D eigenvalue weighted by Crippen LogP contribution is 2.49. The number of carbonyl (C=O) groups excluding carboxylic acids is 1. The second kappa shape index (κ2) is 16.1. The number of amides is 1. The Hall–Kier alpha value is -1.62. The Bertz CT molecular complexity index is 769. The molecule has 0 saturated heterocycles. The Labute approximate surface area is 214 Å². The zero-order valence-corrected chi connectivity index (χ0v) is 24.1. The molecule has 0 atom stereocenters. The molecule has 34 heavy (non-hydrogen) atoms. The van der Waals surface area contributed by atoms with Crippen molar-refractivity contribution in [3.63, 3.8) is 0 Å². The zero-order chi connectivity index (χ0) is 26.4. The average molecular weight is 494 g/mol. The van der Waals surface area contributed by atoms with Crippen molar-refractivity contribution in [2.45, 2.75) is 129 Å². The largest absolute Gasteiger partial charge is 0.507 e. The van der Waals surface area contributed by atoms with Crippen molar-refractivity contribution < 1.29 is 15.0 Å². The molecule has 0 unspecified atom stereocenters. The van der Waals surface area contributed by atoms with E-state index < -0.39 is 0 Å². The van der Waals surface area contributed by atoms with Crippen molar-refractivity contribution in [3.8, 4) is 11.5 Å². The molecule has 0 heterocycles. The van der Waals surface area contributed by atoms with Crippen LogP contribution >= 0.6 is 11.8 Å². The van der Waals surface area contributed by atoms with Crippen LogP contribution in [0.4, 0.5) is 0 Å². The van der Waals surface area contributed by atoms with E-state index in [1.807, 2.05) is 0 Å². The van der Waals surface area contributed by atoms with Crippen LogP contribution < -0.4 is 5.32 Å². The zero-order valence-electron chi connectivity index (χ0n) is 23.3. The monoisotopic (exact) mass is 493 g/mol. The number of unbranched alkanes of at least 4 members (excludes halogenated alkanes) is 3. The van der Waals surface area contributed by atoms with E-state index in [9.17, 15) is 15.0 Å². The van der Waals surface area contributed by atoms with Gasteiger partial charge in [0.1, 0.15) is 11.5 Å². The van der Waals surface area contributed by atoms with Gasteiger partial charge < -0.3 is 15.5 Å². The fourth-order valence-electron chi connectivity index (χ4n) is 3.34. The maximum atomic E-state index is 12.2. The van der Waals surface area contributed by atoms with Gasteiger partial charge in [0.05, 0.1) is 4.90 Å². The molecule has 0 aliphatic heterocycles. The minimum Gasteiger partial charge on any atom is -0.507 e. The van der Waals surface area contributed by atoms with E-state index >= 15 is 0 Å². The molecule has 0 bridgehead atoms. The first kappa shape index (κ1) is 32.4. The van der Waals surface area contributed by atoms with E-state index in [-0.39, 0.29) is 27.6 Å². The predicted octanol–water partition coefficient (Wildman–Crippen LogP) is 8.58. The highest BCUT2D eigenvalue weighted by Gasteiger charge is 2.30. The summed E-state index contributed by atoms with van der Waals surface area (Å²) in [6.45, 7) is 19.7. The number of thioether (sulfide) groups is 1. The number of hydrogen-bond donors (Lipinski definition) is 3. The average Bonchev–Trinajstić information content (AvgIpc) is 2.77. The minimum atomic E-state index is -0.262. The normalized spacial score (nSPS) is 11.9. The molecule has 0 radical (unpaired) electrons. The lowest BCUT2D eigenvalue weighted by Crippen LogP contribution is -2.22. The Morgan fingerprint density at radius 3 is 2.12 bits per heavy atom. The van der Waals surface area contributed by atoms with Gasteiger partial charge in [0.2, 0.25) is 5.91 Å². The number of rotatable bonds is 13. The molecule has 0 aliphatic carbocycles. The lowest BCUT2D eigenvalue weighted by Gasteiger charge is -2.30. The van der Waals surface area contributed by atoms with Gasteiger partial charge in [-0.15, -0.1) is 11.8 Å². The molecule has 3 N–H and O–H groups in total. The molecular weight excluding hydrogens is 442 g/mol. The summed E-state index contributed by atoms with van der Waals surface area (Å²) in [6.07, 6.45) is 11.4. The molecule has 1 aromatic carbocycles. The lowest BCUT2D eigenvalue weighted by molar-refractivity contribution is -0.116. The summed E-state index contributed by atoms with van der Waals surface area (Å²) in [5.74, 6) is 0.128. The van der Waals surface area contributed by atoms with Crippen LogP contribution in [0.2, 0.25) is 0 Å². The van der Waals surface area contributed by atoms with Crippen molar-refractivity contribution in [2.24, 2.45) is 0 Å². The van der Waals surface area contributed by atoms with Crippen molar-refractivity contribution >= 4 is 23.7 Å².